The molecular formula is C13H20F2N2. The van der Waals surface area contributed by atoms with Crippen molar-refractivity contribution in [2.75, 3.05) is 33.2 Å². The van der Waals surface area contributed by atoms with Crippen LogP contribution < -0.4 is 5.32 Å². The van der Waals surface area contributed by atoms with Crippen LogP contribution in [0.2, 0.25) is 0 Å². The van der Waals surface area contributed by atoms with E-state index in [1.807, 2.05) is 7.05 Å². The molecule has 0 aliphatic rings. The lowest BCUT2D eigenvalue weighted by atomic mass is 10.1. The molecule has 0 saturated heterocycles. The average Bonchev–Trinajstić information content (AvgIpc) is 2.31. The molecule has 96 valence electrons. The molecule has 1 aromatic rings. The molecule has 0 amide bonds. The van der Waals surface area contributed by atoms with Gasteiger partial charge in [0.15, 0.2) is 11.6 Å². The summed E-state index contributed by atoms with van der Waals surface area (Å²) in [5.41, 5.74) is 0.445. The molecule has 0 fully saturated rings. The minimum Gasteiger partial charge on any atom is -0.316 e. The standard InChI is InChI=1S/C13H20F2N2/c1-3-16-8-10-17(2)9-7-11-5-4-6-12(14)13(11)15/h4-6,16H,3,7-10H2,1-2H3. The van der Waals surface area contributed by atoms with Gasteiger partial charge in [0, 0.05) is 19.6 Å². The van der Waals surface area contributed by atoms with Gasteiger partial charge < -0.3 is 10.2 Å². The third kappa shape index (κ3) is 4.79. The summed E-state index contributed by atoms with van der Waals surface area (Å²) in [6, 6.07) is 4.33. The molecule has 0 radical (unpaired) electrons. The molecule has 0 aliphatic carbocycles. The van der Waals surface area contributed by atoms with E-state index in [0.29, 0.717) is 12.0 Å². The summed E-state index contributed by atoms with van der Waals surface area (Å²) in [5.74, 6) is -1.48. The largest absolute Gasteiger partial charge is 0.316 e. The average molecular weight is 242 g/mol. The zero-order chi connectivity index (χ0) is 12.7. The van der Waals surface area contributed by atoms with E-state index in [2.05, 4.69) is 17.1 Å². The Morgan fingerprint density at radius 3 is 2.71 bits per heavy atom. The van der Waals surface area contributed by atoms with Crippen molar-refractivity contribution in [3.05, 3.63) is 35.4 Å². The normalized spacial score (nSPS) is 11.1. The second kappa shape index (κ2) is 7.35. The third-order valence-corrected chi connectivity index (χ3v) is 2.71. The van der Waals surface area contributed by atoms with Crippen LogP contribution in [0.4, 0.5) is 8.78 Å². The van der Waals surface area contributed by atoms with Crippen molar-refractivity contribution in [1.29, 1.82) is 0 Å². The van der Waals surface area contributed by atoms with Crippen molar-refractivity contribution < 1.29 is 8.78 Å². The summed E-state index contributed by atoms with van der Waals surface area (Å²) in [5, 5.41) is 3.22. The number of nitrogens with zero attached hydrogens (tertiary/aromatic N) is 1. The van der Waals surface area contributed by atoms with Crippen LogP contribution >= 0.6 is 0 Å². The Labute approximate surface area is 102 Å². The van der Waals surface area contributed by atoms with Gasteiger partial charge in [-0.05, 0) is 31.6 Å². The third-order valence-electron chi connectivity index (χ3n) is 2.71. The van der Waals surface area contributed by atoms with Gasteiger partial charge in [0.2, 0.25) is 0 Å². The highest BCUT2D eigenvalue weighted by Crippen LogP contribution is 2.11. The van der Waals surface area contributed by atoms with Gasteiger partial charge in [-0.3, -0.25) is 0 Å². The molecule has 0 heterocycles. The molecule has 1 N–H and O–H groups in total. The van der Waals surface area contributed by atoms with E-state index < -0.39 is 11.6 Å². The summed E-state index contributed by atoms with van der Waals surface area (Å²) < 4.78 is 26.3. The maximum atomic E-state index is 13.4. The lowest BCUT2D eigenvalue weighted by Crippen LogP contribution is -2.30. The maximum absolute atomic E-state index is 13.4. The molecule has 0 unspecified atom stereocenters. The van der Waals surface area contributed by atoms with E-state index in [1.54, 1.807) is 12.1 Å². The molecule has 2 nitrogen and oxygen atoms in total. The predicted octanol–water partition coefficient (Wildman–Crippen LogP) is 2.05. The minimum atomic E-state index is -0.766. The lowest BCUT2D eigenvalue weighted by Gasteiger charge is -2.16. The summed E-state index contributed by atoms with van der Waals surface area (Å²) >= 11 is 0. The van der Waals surface area contributed by atoms with Gasteiger partial charge in [-0.15, -0.1) is 0 Å². The number of rotatable bonds is 7. The van der Waals surface area contributed by atoms with Gasteiger partial charge in [0.25, 0.3) is 0 Å². The smallest absolute Gasteiger partial charge is 0.162 e. The number of likely N-dealkylation sites (N-methyl/N-ethyl adjacent to an activating group) is 2. The number of benzene rings is 1. The first kappa shape index (κ1) is 14.1. The topological polar surface area (TPSA) is 15.3 Å². The second-order valence-corrected chi connectivity index (χ2v) is 4.12. The van der Waals surface area contributed by atoms with Gasteiger partial charge in [0.05, 0.1) is 0 Å². The first-order valence-corrected chi connectivity index (χ1v) is 5.97. The van der Waals surface area contributed by atoms with E-state index in [0.717, 1.165) is 32.2 Å². The van der Waals surface area contributed by atoms with Gasteiger partial charge in [-0.1, -0.05) is 19.1 Å². The fourth-order valence-corrected chi connectivity index (χ4v) is 1.61. The Morgan fingerprint density at radius 2 is 2.00 bits per heavy atom. The minimum absolute atomic E-state index is 0.445. The molecule has 1 rings (SSSR count). The van der Waals surface area contributed by atoms with Gasteiger partial charge in [-0.25, -0.2) is 8.78 Å². The molecule has 0 spiro atoms. The van der Waals surface area contributed by atoms with Crippen molar-refractivity contribution in [2.24, 2.45) is 0 Å². The molecule has 0 aromatic heterocycles. The molecule has 4 heteroatoms. The highest BCUT2D eigenvalue weighted by molar-refractivity contribution is 5.19. The number of hydrogen-bond donors (Lipinski definition) is 1. The molecule has 0 bridgehead atoms. The van der Waals surface area contributed by atoms with Crippen LogP contribution in [0.25, 0.3) is 0 Å². The summed E-state index contributed by atoms with van der Waals surface area (Å²) in [7, 11) is 1.98. The van der Waals surface area contributed by atoms with E-state index in [1.165, 1.54) is 0 Å². The van der Waals surface area contributed by atoms with Crippen LogP contribution in [0.1, 0.15) is 12.5 Å². The van der Waals surface area contributed by atoms with Crippen LogP contribution in [0.5, 0.6) is 0 Å². The SMILES string of the molecule is CCNCCN(C)CCc1cccc(F)c1F. The zero-order valence-corrected chi connectivity index (χ0v) is 10.5. The molecule has 1 aromatic carbocycles. The van der Waals surface area contributed by atoms with Crippen LogP contribution in [0.15, 0.2) is 18.2 Å². The fraction of sp³-hybridized carbons (Fsp3) is 0.538. The van der Waals surface area contributed by atoms with E-state index >= 15 is 0 Å². The molecule has 0 saturated carbocycles. The summed E-state index contributed by atoms with van der Waals surface area (Å²) in [6.07, 6.45) is 0.534. The Hall–Kier alpha value is -1.00. The van der Waals surface area contributed by atoms with Crippen LogP contribution in [-0.2, 0) is 6.42 Å². The van der Waals surface area contributed by atoms with Crippen LogP contribution in [0.3, 0.4) is 0 Å². The summed E-state index contributed by atoms with van der Waals surface area (Å²) in [6.45, 7) is 5.56. The molecule has 17 heavy (non-hydrogen) atoms. The number of hydrogen-bond acceptors (Lipinski definition) is 2. The highest BCUT2D eigenvalue weighted by atomic mass is 19.2. The Kier molecular flexibility index (Phi) is 6.08. The number of halogens is 2. The van der Waals surface area contributed by atoms with Gasteiger partial charge in [0.1, 0.15) is 0 Å². The Balaban J connectivity index is 2.37. The number of nitrogens with one attached hydrogen (secondary N) is 1. The lowest BCUT2D eigenvalue weighted by molar-refractivity contribution is 0.334. The van der Waals surface area contributed by atoms with Crippen molar-refractivity contribution in [2.45, 2.75) is 13.3 Å². The molecular weight excluding hydrogens is 222 g/mol. The quantitative estimate of drug-likeness (QED) is 0.736. The second-order valence-electron chi connectivity index (χ2n) is 4.12. The van der Waals surface area contributed by atoms with Gasteiger partial charge in [-0.2, -0.15) is 0 Å². The van der Waals surface area contributed by atoms with Crippen molar-refractivity contribution in [1.82, 2.24) is 10.2 Å². The Bertz CT molecular complexity index is 342. The first-order valence-electron chi connectivity index (χ1n) is 5.97. The van der Waals surface area contributed by atoms with Crippen LogP contribution in [0, 0.1) is 11.6 Å². The maximum Gasteiger partial charge on any atom is 0.162 e. The zero-order valence-electron chi connectivity index (χ0n) is 10.5. The Morgan fingerprint density at radius 1 is 1.24 bits per heavy atom. The molecule has 0 atom stereocenters. The van der Waals surface area contributed by atoms with Crippen molar-refractivity contribution in [3.8, 4) is 0 Å². The van der Waals surface area contributed by atoms with E-state index in [4.69, 9.17) is 0 Å². The van der Waals surface area contributed by atoms with E-state index in [-0.39, 0.29) is 0 Å². The van der Waals surface area contributed by atoms with Crippen molar-refractivity contribution in [3.63, 3.8) is 0 Å². The molecule has 0 aliphatic heterocycles. The predicted molar refractivity (Wildman–Crippen MR) is 66.1 cm³/mol. The van der Waals surface area contributed by atoms with E-state index in [9.17, 15) is 8.78 Å². The summed E-state index contributed by atoms with van der Waals surface area (Å²) in [4.78, 5) is 2.10. The van der Waals surface area contributed by atoms with Crippen LogP contribution in [-0.4, -0.2) is 38.1 Å². The van der Waals surface area contributed by atoms with Gasteiger partial charge >= 0.3 is 0 Å². The highest BCUT2D eigenvalue weighted by Gasteiger charge is 2.08. The first-order chi connectivity index (χ1) is 8.15. The fourth-order valence-electron chi connectivity index (χ4n) is 1.61. The monoisotopic (exact) mass is 242 g/mol. The van der Waals surface area contributed by atoms with Crippen molar-refractivity contribution >= 4 is 0 Å².